The Hall–Kier alpha value is -3.20. The molecule has 0 saturated heterocycles. The maximum absolute atomic E-state index is 12.5. The van der Waals surface area contributed by atoms with Crippen molar-refractivity contribution in [2.24, 2.45) is 0 Å². The number of nitrogens with one attached hydrogen (secondary N) is 1. The highest BCUT2D eigenvalue weighted by Gasteiger charge is 2.17. The van der Waals surface area contributed by atoms with Gasteiger partial charge >= 0.3 is 6.61 Å². The molecule has 0 aliphatic carbocycles. The molecule has 0 spiro atoms. The van der Waals surface area contributed by atoms with E-state index in [1.807, 2.05) is 0 Å². The molecule has 3 aromatic rings. The van der Waals surface area contributed by atoms with Crippen LogP contribution in [-0.2, 0) is 0 Å². The molecule has 0 saturated carbocycles. The normalized spacial score (nSPS) is 10.6. The Balaban J connectivity index is 1.82. The van der Waals surface area contributed by atoms with Crippen LogP contribution in [0.2, 0.25) is 0 Å². The quantitative estimate of drug-likeness (QED) is 0.617. The number of methoxy groups -OCH3 is 2. The Morgan fingerprint density at radius 1 is 1.11 bits per heavy atom. The van der Waals surface area contributed by atoms with Crippen LogP contribution in [0.5, 0.6) is 17.2 Å². The third-order valence-electron chi connectivity index (χ3n) is 3.76. The fourth-order valence-corrected chi connectivity index (χ4v) is 3.19. The van der Waals surface area contributed by atoms with E-state index in [9.17, 15) is 13.6 Å². The second-order valence-electron chi connectivity index (χ2n) is 5.43. The second-order valence-corrected chi connectivity index (χ2v) is 6.29. The van der Waals surface area contributed by atoms with Gasteiger partial charge in [0.15, 0.2) is 5.13 Å². The first-order valence-electron chi connectivity index (χ1n) is 8.05. The van der Waals surface area contributed by atoms with Crippen LogP contribution in [-0.4, -0.2) is 31.7 Å². The summed E-state index contributed by atoms with van der Waals surface area (Å²) in [4.78, 5) is 16.8. The molecule has 9 heteroatoms. The van der Waals surface area contributed by atoms with Crippen molar-refractivity contribution in [3.8, 4) is 28.5 Å². The third-order valence-corrected chi connectivity index (χ3v) is 4.51. The number of alkyl halides is 2. The number of thiazole rings is 1. The molecule has 1 N–H and O–H groups in total. The summed E-state index contributed by atoms with van der Waals surface area (Å²) in [7, 11) is 3.09. The van der Waals surface area contributed by atoms with Crippen molar-refractivity contribution < 1.29 is 27.8 Å². The van der Waals surface area contributed by atoms with E-state index in [1.54, 1.807) is 36.8 Å². The fourth-order valence-electron chi connectivity index (χ4n) is 2.48. The minimum Gasteiger partial charge on any atom is -0.497 e. The van der Waals surface area contributed by atoms with Crippen LogP contribution in [0.4, 0.5) is 13.9 Å². The molecule has 0 aliphatic heterocycles. The van der Waals surface area contributed by atoms with Crippen LogP contribution >= 0.6 is 11.3 Å². The molecule has 2 aromatic carbocycles. The second kappa shape index (κ2) is 8.66. The molecule has 6 nitrogen and oxygen atoms in total. The summed E-state index contributed by atoms with van der Waals surface area (Å²) in [5.74, 6) is 0.403. The van der Waals surface area contributed by atoms with Crippen molar-refractivity contribution in [3.05, 3.63) is 53.4 Å². The molecule has 28 heavy (non-hydrogen) atoms. The predicted octanol–water partition coefficient (Wildman–Crippen LogP) is 4.68. The molecule has 0 fully saturated rings. The van der Waals surface area contributed by atoms with E-state index in [0.717, 1.165) is 5.56 Å². The van der Waals surface area contributed by atoms with Gasteiger partial charge in [-0.05, 0) is 24.3 Å². The van der Waals surface area contributed by atoms with Crippen molar-refractivity contribution in [1.29, 1.82) is 0 Å². The molecule has 0 bridgehead atoms. The molecule has 0 aliphatic rings. The molecule has 1 heterocycles. The van der Waals surface area contributed by atoms with Gasteiger partial charge in [0.05, 0.1) is 25.5 Å². The molecular formula is C19H16F2N2O4S. The van der Waals surface area contributed by atoms with Crippen LogP contribution in [0.3, 0.4) is 0 Å². The van der Waals surface area contributed by atoms with Gasteiger partial charge in [0.2, 0.25) is 0 Å². The number of anilines is 1. The molecule has 146 valence electrons. The van der Waals surface area contributed by atoms with Crippen molar-refractivity contribution in [1.82, 2.24) is 4.98 Å². The Morgan fingerprint density at radius 2 is 1.89 bits per heavy atom. The first kappa shape index (κ1) is 19.6. The van der Waals surface area contributed by atoms with E-state index in [1.165, 1.54) is 36.6 Å². The molecule has 1 amide bonds. The topological polar surface area (TPSA) is 69.7 Å². The molecule has 3 rings (SSSR count). The lowest BCUT2D eigenvalue weighted by atomic mass is 10.1. The number of aromatic nitrogens is 1. The Labute approximate surface area is 163 Å². The number of benzene rings is 2. The van der Waals surface area contributed by atoms with E-state index < -0.39 is 12.5 Å². The summed E-state index contributed by atoms with van der Waals surface area (Å²) in [5.41, 5.74) is 1.31. The van der Waals surface area contributed by atoms with Gasteiger partial charge in [-0.3, -0.25) is 10.1 Å². The van der Waals surface area contributed by atoms with Crippen LogP contribution in [0.25, 0.3) is 11.3 Å². The number of rotatable bonds is 7. The van der Waals surface area contributed by atoms with Crippen LogP contribution in [0.15, 0.2) is 47.8 Å². The van der Waals surface area contributed by atoms with Crippen LogP contribution < -0.4 is 19.5 Å². The summed E-state index contributed by atoms with van der Waals surface area (Å²) in [5, 5.41) is 4.66. The predicted molar refractivity (Wildman–Crippen MR) is 102 cm³/mol. The Bertz CT molecular complexity index is 978. The number of para-hydroxylation sites is 1. The highest BCUT2D eigenvalue weighted by molar-refractivity contribution is 7.14. The van der Waals surface area contributed by atoms with Gasteiger partial charge in [-0.15, -0.1) is 11.3 Å². The van der Waals surface area contributed by atoms with E-state index in [0.29, 0.717) is 22.3 Å². The number of carbonyl (C=O) groups excluding carboxylic acids is 1. The summed E-state index contributed by atoms with van der Waals surface area (Å²) < 4.78 is 40.0. The lowest BCUT2D eigenvalue weighted by Gasteiger charge is -2.10. The lowest BCUT2D eigenvalue weighted by Crippen LogP contribution is -2.14. The number of nitrogens with zero attached hydrogens (tertiary/aromatic N) is 1. The average Bonchev–Trinajstić information content (AvgIpc) is 3.15. The first-order chi connectivity index (χ1) is 13.5. The van der Waals surface area contributed by atoms with Gasteiger partial charge in [-0.25, -0.2) is 4.98 Å². The number of hydrogen-bond acceptors (Lipinski definition) is 6. The van der Waals surface area contributed by atoms with Crippen molar-refractivity contribution in [2.75, 3.05) is 19.5 Å². The summed E-state index contributed by atoms with van der Waals surface area (Å²) >= 11 is 1.20. The molecule has 0 radical (unpaired) electrons. The summed E-state index contributed by atoms with van der Waals surface area (Å²) in [6, 6.07) is 11.1. The number of carbonyl (C=O) groups is 1. The smallest absolute Gasteiger partial charge is 0.387 e. The van der Waals surface area contributed by atoms with E-state index in [2.05, 4.69) is 15.0 Å². The van der Waals surface area contributed by atoms with Crippen LogP contribution in [0.1, 0.15) is 10.4 Å². The van der Waals surface area contributed by atoms with Gasteiger partial charge in [0.25, 0.3) is 5.91 Å². The SMILES string of the molecule is COc1ccc(-c2csc(NC(=O)c3ccccc3OC(F)F)n2)c(OC)c1. The Morgan fingerprint density at radius 3 is 2.61 bits per heavy atom. The van der Waals surface area contributed by atoms with E-state index in [4.69, 9.17) is 9.47 Å². The zero-order chi connectivity index (χ0) is 20.1. The summed E-state index contributed by atoms with van der Waals surface area (Å²) in [6.07, 6.45) is 0. The third kappa shape index (κ3) is 4.37. The summed E-state index contributed by atoms with van der Waals surface area (Å²) in [6.45, 7) is -3.03. The maximum atomic E-state index is 12.5. The zero-order valence-electron chi connectivity index (χ0n) is 14.9. The van der Waals surface area contributed by atoms with Gasteiger partial charge in [0, 0.05) is 17.0 Å². The number of halogens is 2. The highest BCUT2D eigenvalue weighted by Crippen LogP contribution is 2.35. The van der Waals surface area contributed by atoms with Gasteiger partial charge in [-0.2, -0.15) is 8.78 Å². The number of ether oxygens (including phenoxy) is 3. The maximum Gasteiger partial charge on any atom is 0.387 e. The lowest BCUT2D eigenvalue weighted by molar-refractivity contribution is -0.0501. The van der Waals surface area contributed by atoms with Gasteiger partial charge in [0.1, 0.15) is 17.2 Å². The Kier molecular flexibility index (Phi) is 6.05. The largest absolute Gasteiger partial charge is 0.497 e. The standard InChI is InChI=1S/C19H16F2N2O4S/c1-25-11-7-8-12(16(9-11)26-2)14-10-28-19(22-14)23-17(24)13-5-3-4-6-15(13)27-18(20)21/h3-10,18H,1-2H3,(H,22,23,24). The minimum atomic E-state index is -3.03. The zero-order valence-corrected chi connectivity index (χ0v) is 15.8. The van der Waals surface area contributed by atoms with Gasteiger partial charge in [-0.1, -0.05) is 12.1 Å². The van der Waals surface area contributed by atoms with E-state index >= 15 is 0 Å². The minimum absolute atomic E-state index is 0.0124. The highest BCUT2D eigenvalue weighted by atomic mass is 32.1. The van der Waals surface area contributed by atoms with Gasteiger partial charge < -0.3 is 14.2 Å². The van der Waals surface area contributed by atoms with Crippen LogP contribution in [0, 0.1) is 0 Å². The fraction of sp³-hybridized carbons (Fsp3) is 0.158. The van der Waals surface area contributed by atoms with E-state index in [-0.39, 0.29) is 11.3 Å². The molecule has 0 unspecified atom stereocenters. The molecule has 0 atom stereocenters. The number of amides is 1. The number of hydrogen-bond donors (Lipinski definition) is 1. The van der Waals surface area contributed by atoms with Crippen molar-refractivity contribution >= 4 is 22.4 Å². The van der Waals surface area contributed by atoms with Crippen molar-refractivity contribution in [3.63, 3.8) is 0 Å². The first-order valence-corrected chi connectivity index (χ1v) is 8.93. The molecular weight excluding hydrogens is 390 g/mol. The average molecular weight is 406 g/mol. The monoisotopic (exact) mass is 406 g/mol. The van der Waals surface area contributed by atoms with Crippen molar-refractivity contribution in [2.45, 2.75) is 6.61 Å². The molecule has 1 aromatic heterocycles.